The molecule has 1 aromatic carbocycles. The molecule has 3 aliphatic heterocycles. The minimum atomic E-state index is -0.643. The molecule has 1 aromatic heterocycles. The third kappa shape index (κ3) is 3.35. The Labute approximate surface area is 177 Å². The molecule has 3 aliphatic rings. The first-order valence-electron chi connectivity index (χ1n) is 9.81. The summed E-state index contributed by atoms with van der Waals surface area (Å²) in [7, 11) is 1.54. The number of hydrogen-bond donors (Lipinski definition) is 1. The number of carbonyl (C=O) groups is 3. The van der Waals surface area contributed by atoms with E-state index in [0.717, 1.165) is 11.1 Å². The van der Waals surface area contributed by atoms with Crippen LogP contribution in [-0.4, -0.2) is 46.6 Å². The molecule has 4 heterocycles. The molecular formula is C21H18N6O4. The number of nitrogens with one attached hydrogen (secondary N) is 1. The van der Waals surface area contributed by atoms with Crippen LogP contribution in [0, 0.1) is 0 Å². The van der Waals surface area contributed by atoms with E-state index in [1.807, 2.05) is 6.07 Å². The molecule has 1 N–H and O–H groups in total. The van der Waals surface area contributed by atoms with E-state index >= 15 is 0 Å². The number of pyridine rings is 1. The summed E-state index contributed by atoms with van der Waals surface area (Å²) in [4.78, 5) is 46.8. The molecule has 0 aliphatic carbocycles. The third-order valence-corrected chi connectivity index (χ3v) is 5.51. The summed E-state index contributed by atoms with van der Waals surface area (Å²) in [6, 6.07) is 10.1. The zero-order valence-corrected chi connectivity index (χ0v) is 16.6. The lowest BCUT2D eigenvalue weighted by molar-refractivity contribution is -0.136. The Bertz CT molecular complexity index is 1170. The smallest absolute Gasteiger partial charge is 0.255 e. The number of benzene rings is 1. The lowest BCUT2D eigenvalue weighted by Crippen LogP contribution is -2.52. The lowest BCUT2D eigenvalue weighted by atomic mass is 10.0. The molecule has 2 atom stereocenters. The Morgan fingerprint density at radius 2 is 2.03 bits per heavy atom. The molecule has 156 valence electrons. The Morgan fingerprint density at radius 3 is 2.84 bits per heavy atom. The highest BCUT2D eigenvalue weighted by molar-refractivity contribution is 6.05. The van der Waals surface area contributed by atoms with Crippen LogP contribution in [0.25, 0.3) is 0 Å². The summed E-state index contributed by atoms with van der Waals surface area (Å²) >= 11 is 0. The molecular weight excluding hydrogens is 400 g/mol. The number of rotatable bonds is 4. The molecule has 5 rings (SSSR count). The number of methoxy groups -OCH3 is 1. The molecule has 0 saturated carbocycles. The van der Waals surface area contributed by atoms with Crippen molar-refractivity contribution in [2.45, 2.75) is 31.6 Å². The van der Waals surface area contributed by atoms with E-state index in [-0.39, 0.29) is 18.2 Å². The van der Waals surface area contributed by atoms with Gasteiger partial charge in [-0.25, -0.2) is 9.98 Å². The fourth-order valence-corrected chi connectivity index (χ4v) is 3.94. The number of carbonyl (C=O) groups excluding carboxylic acids is 3. The maximum atomic E-state index is 12.8. The van der Waals surface area contributed by atoms with Crippen molar-refractivity contribution in [2.24, 2.45) is 15.2 Å². The normalized spacial score (nSPS) is 22.4. The van der Waals surface area contributed by atoms with Crippen LogP contribution in [-0.2, 0) is 16.1 Å². The summed E-state index contributed by atoms with van der Waals surface area (Å²) in [5, 5.41) is 10.7. The van der Waals surface area contributed by atoms with Crippen LogP contribution >= 0.6 is 0 Å². The molecule has 2 aromatic rings. The van der Waals surface area contributed by atoms with Gasteiger partial charge in [-0.3, -0.25) is 19.7 Å². The van der Waals surface area contributed by atoms with Crippen LogP contribution in [0.2, 0.25) is 0 Å². The van der Waals surface area contributed by atoms with Crippen molar-refractivity contribution in [2.75, 3.05) is 7.11 Å². The van der Waals surface area contributed by atoms with Gasteiger partial charge in [0.05, 0.1) is 7.11 Å². The summed E-state index contributed by atoms with van der Waals surface area (Å²) in [6.07, 6.45) is 0.0167. The highest BCUT2D eigenvalue weighted by Crippen LogP contribution is 2.32. The van der Waals surface area contributed by atoms with Crippen LogP contribution in [0.4, 0.5) is 0 Å². The molecule has 3 amide bonds. The van der Waals surface area contributed by atoms with Crippen LogP contribution in [0.1, 0.15) is 46.2 Å². The first-order valence-corrected chi connectivity index (χ1v) is 9.81. The van der Waals surface area contributed by atoms with Gasteiger partial charge in [-0.15, -0.1) is 5.11 Å². The van der Waals surface area contributed by atoms with Gasteiger partial charge in [0.15, 0.2) is 12.0 Å². The van der Waals surface area contributed by atoms with Gasteiger partial charge in [0, 0.05) is 30.2 Å². The number of nitrogens with zero attached hydrogens (tertiary/aromatic N) is 5. The number of piperidine rings is 1. The number of amidine groups is 1. The van der Waals surface area contributed by atoms with Gasteiger partial charge in [-0.2, -0.15) is 5.11 Å². The van der Waals surface area contributed by atoms with Crippen molar-refractivity contribution < 1.29 is 19.1 Å². The first-order chi connectivity index (χ1) is 15.0. The lowest BCUT2D eigenvalue weighted by Gasteiger charge is -2.29. The number of aliphatic imine (C=N–C) groups is 1. The largest absolute Gasteiger partial charge is 0.481 e. The van der Waals surface area contributed by atoms with E-state index in [9.17, 15) is 14.4 Å². The molecule has 1 saturated heterocycles. The zero-order chi connectivity index (χ0) is 21.5. The summed E-state index contributed by atoms with van der Waals surface area (Å²) < 4.78 is 5.14. The fraction of sp³-hybridized carbons (Fsp3) is 0.286. The third-order valence-electron chi connectivity index (χ3n) is 5.51. The molecule has 1 fully saturated rings. The summed E-state index contributed by atoms with van der Waals surface area (Å²) in [5.41, 5.74) is 2.69. The predicted molar refractivity (Wildman–Crippen MR) is 107 cm³/mol. The quantitative estimate of drug-likeness (QED) is 0.758. The SMILES string of the molecule is COc1cccc(C2=NC(c3ccc4c(c3)CN(C3CCC(=O)NC3=O)C4=O)N=N2)n1. The maximum Gasteiger partial charge on any atom is 0.255 e. The maximum absolute atomic E-state index is 12.8. The van der Waals surface area contributed by atoms with Crippen molar-refractivity contribution in [3.8, 4) is 5.88 Å². The van der Waals surface area contributed by atoms with Crippen molar-refractivity contribution in [1.29, 1.82) is 0 Å². The Kier molecular flexibility index (Phi) is 4.54. The van der Waals surface area contributed by atoms with Gasteiger partial charge in [-0.05, 0) is 30.2 Å². The molecule has 2 unspecified atom stereocenters. The second kappa shape index (κ2) is 7.38. The van der Waals surface area contributed by atoms with Crippen LogP contribution in [0.15, 0.2) is 51.6 Å². The van der Waals surface area contributed by atoms with Crippen LogP contribution in [0.5, 0.6) is 5.88 Å². The van der Waals surface area contributed by atoms with Crippen molar-refractivity contribution in [3.63, 3.8) is 0 Å². The summed E-state index contributed by atoms with van der Waals surface area (Å²) in [5.74, 6) is -0.0799. The van der Waals surface area contributed by atoms with E-state index in [0.29, 0.717) is 35.9 Å². The first kappa shape index (κ1) is 19.0. The summed E-state index contributed by atoms with van der Waals surface area (Å²) in [6.45, 7) is 0.298. The standard InChI is InChI=1S/C21H18N6O4/c1-31-17-4-2-3-14(22-17)19-24-18(25-26-19)11-5-6-13-12(9-11)10-27(21(13)30)15-7-8-16(28)23-20(15)29/h2-6,9,15,18H,7-8,10H2,1H3,(H,23,28,29). The van der Waals surface area contributed by atoms with Crippen molar-refractivity contribution >= 4 is 23.6 Å². The molecule has 0 bridgehead atoms. The van der Waals surface area contributed by atoms with Gasteiger partial charge < -0.3 is 9.64 Å². The average Bonchev–Trinajstić information content (AvgIpc) is 3.39. The molecule has 10 heteroatoms. The minimum Gasteiger partial charge on any atom is -0.481 e. The number of imide groups is 1. The Balaban J connectivity index is 1.37. The highest BCUT2D eigenvalue weighted by atomic mass is 16.5. The fourth-order valence-electron chi connectivity index (χ4n) is 3.94. The Hall–Kier alpha value is -3.95. The predicted octanol–water partition coefficient (Wildman–Crippen LogP) is 1.76. The van der Waals surface area contributed by atoms with Gasteiger partial charge in [0.25, 0.3) is 5.91 Å². The monoisotopic (exact) mass is 418 g/mol. The van der Waals surface area contributed by atoms with E-state index in [1.54, 1.807) is 30.3 Å². The van der Waals surface area contributed by atoms with Gasteiger partial charge in [0.2, 0.25) is 17.7 Å². The highest BCUT2D eigenvalue weighted by Gasteiger charge is 2.39. The van der Waals surface area contributed by atoms with Gasteiger partial charge in [-0.1, -0.05) is 12.1 Å². The average molecular weight is 418 g/mol. The zero-order valence-electron chi connectivity index (χ0n) is 16.6. The number of aromatic nitrogens is 1. The molecule has 31 heavy (non-hydrogen) atoms. The van der Waals surface area contributed by atoms with E-state index in [1.165, 1.54) is 12.0 Å². The number of ether oxygens (including phenoxy) is 1. The second-order valence-electron chi connectivity index (χ2n) is 7.42. The van der Waals surface area contributed by atoms with E-state index in [2.05, 4.69) is 25.5 Å². The van der Waals surface area contributed by atoms with E-state index < -0.39 is 18.1 Å². The van der Waals surface area contributed by atoms with Crippen molar-refractivity contribution in [1.82, 2.24) is 15.2 Å². The van der Waals surface area contributed by atoms with Crippen LogP contribution in [0.3, 0.4) is 0 Å². The molecule has 0 spiro atoms. The molecule has 10 nitrogen and oxygen atoms in total. The number of hydrogen-bond acceptors (Lipinski definition) is 8. The second-order valence-corrected chi connectivity index (χ2v) is 7.42. The Morgan fingerprint density at radius 1 is 1.16 bits per heavy atom. The van der Waals surface area contributed by atoms with Crippen LogP contribution < -0.4 is 10.1 Å². The molecule has 0 radical (unpaired) electrons. The number of amides is 3. The van der Waals surface area contributed by atoms with Gasteiger partial charge in [0.1, 0.15) is 11.7 Å². The topological polar surface area (TPSA) is 126 Å². The van der Waals surface area contributed by atoms with Crippen molar-refractivity contribution in [3.05, 3.63) is 58.8 Å². The van der Waals surface area contributed by atoms with E-state index in [4.69, 9.17) is 4.74 Å². The van der Waals surface area contributed by atoms with Gasteiger partial charge >= 0.3 is 0 Å². The number of fused-ring (bicyclic) bond motifs is 1. The number of azo groups is 1. The minimum absolute atomic E-state index is 0.214.